The van der Waals surface area contributed by atoms with Gasteiger partial charge in [0.15, 0.2) is 0 Å². The zero-order valence-corrected chi connectivity index (χ0v) is 16.5. The molecule has 0 atom stereocenters. The second-order valence-electron chi connectivity index (χ2n) is 7.17. The van der Waals surface area contributed by atoms with Crippen LogP contribution in [0.4, 0.5) is 0 Å². The highest BCUT2D eigenvalue weighted by atomic mass is 15.4. The first-order valence-corrected chi connectivity index (χ1v) is 10.1. The quantitative estimate of drug-likeness (QED) is 0.831. The smallest absolute Gasteiger partial charge is 0.0602 e. The van der Waals surface area contributed by atoms with Gasteiger partial charge in [0.2, 0.25) is 0 Å². The number of rotatable bonds is 4. The number of likely N-dealkylation sites (tertiary alicyclic amines) is 1. The average molecular weight is 352 g/mol. The average Bonchev–Trinajstić information content (AvgIpc) is 2.68. The second kappa shape index (κ2) is 9.31. The predicted octanol–water partition coefficient (Wildman–Crippen LogP) is 3.73. The molecule has 4 rings (SSSR count). The summed E-state index contributed by atoms with van der Waals surface area (Å²) in [5, 5.41) is 0. The molecule has 0 unspecified atom stereocenters. The Balaban J connectivity index is 0.000000948. The van der Waals surface area contributed by atoms with E-state index < -0.39 is 0 Å². The summed E-state index contributed by atoms with van der Waals surface area (Å²) in [5.74, 6) is 0. The number of benzene rings is 2. The number of likely N-dealkylation sites (N-methyl/N-ethyl adjacent to an activating group) is 1. The first-order chi connectivity index (χ1) is 12.8. The van der Waals surface area contributed by atoms with Gasteiger partial charge in [-0.1, -0.05) is 74.5 Å². The SMILES string of the molecule is CC.CN1CCN(C2CN(C(c3ccccc3)c3ccccc3)C2)CC1. The third-order valence-corrected chi connectivity index (χ3v) is 5.54. The van der Waals surface area contributed by atoms with Crippen molar-refractivity contribution in [2.24, 2.45) is 0 Å². The van der Waals surface area contributed by atoms with Gasteiger partial charge in [-0.15, -0.1) is 0 Å². The molecular formula is C23H33N3. The molecule has 2 fully saturated rings. The van der Waals surface area contributed by atoms with Gasteiger partial charge in [-0.2, -0.15) is 0 Å². The third-order valence-electron chi connectivity index (χ3n) is 5.54. The molecule has 0 bridgehead atoms. The van der Waals surface area contributed by atoms with Crippen molar-refractivity contribution in [2.75, 3.05) is 46.3 Å². The molecule has 0 radical (unpaired) electrons. The van der Waals surface area contributed by atoms with E-state index in [2.05, 4.69) is 82.4 Å². The van der Waals surface area contributed by atoms with Crippen molar-refractivity contribution < 1.29 is 0 Å². The van der Waals surface area contributed by atoms with E-state index in [9.17, 15) is 0 Å². The summed E-state index contributed by atoms with van der Waals surface area (Å²) < 4.78 is 0. The van der Waals surface area contributed by atoms with E-state index in [1.807, 2.05) is 13.8 Å². The summed E-state index contributed by atoms with van der Waals surface area (Å²) in [6, 6.07) is 23.0. The van der Waals surface area contributed by atoms with Crippen LogP contribution in [0.15, 0.2) is 60.7 Å². The lowest BCUT2D eigenvalue weighted by Gasteiger charge is -2.50. The maximum Gasteiger partial charge on any atom is 0.0602 e. The Hall–Kier alpha value is -1.68. The monoisotopic (exact) mass is 351 g/mol. The van der Waals surface area contributed by atoms with Crippen molar-refractivity contribution in [1.29, 1.82) is 0 Å². The van der Waals surface area contributed by atoms with Crippen molar-refractivity contribution in [3.8, 4) is 0 Å². The Labute approximate surface area is 159 Å². The van der Waals surface area contributed by atoms with E-state index in [1.54, 1.807) is 0 Å². The van der Waals surface area contributed by atoms with Crippen molar-refractivity contribution in [3.63, 3.8) is 0 Å². The Morgan fingerprint density at radius 2 is 1.19 bits per heavy atom. The molecule has 2 aliphatic rings. The van der Waals surface area contributed by atoms with Gasteiger partial charge in [0.05, 0.1) is 6.04 Å². The van der Waals surface area contributed by atoms with Gasteiger partial charge >= 0.3 is 0 Å². The van der Waals surface area contributed by atoms with E-state index in [-0.39, 0.29) is 0 Å². The minimum absolute atomic E-state index is 0.385. The summed E-state index contributed by atoms with van der Waals surface area (Å²) >= 11 is 0. The summed E-state index contributed by atoms with van der Waals surface area (Å²) in [4.78, 5) is 7.75. The lowest BCUT2D eigenvalue weighted by molar-refractivity contribution is -0.00570. The largest absolute Gasteiger partial charge is 0.304 e. The molecule has 2 aromatic rings. The second-order valence-corrected chi connectivity index (χ2v) is 7.17. The lowest BCUT2D eigenvalue weighted by Crippen LogP contribution is -2.63. The zero-order valence-electron chi connectivity index (χ0n) is 16.5. The zero-order chi connectivity index (χ0) is 18.4. The molecule has 2 aliphatic heterocycles. The Kier molecular flexibility index (Phi) is 6.84. The van der Waals surface area contributed by atoms with Gasteiger partial charge in [0, 0.05) is 45.3 Å². The molecule has 0 amide bonds. The molecule has 2 saturated heterocycles. The first-order valence-electron chi connectivity index (χ1n) is 10.1. The topological polar surface area (TPSA) is 9.72 Å². The Morgan fingerprint density at radius 1 is 0.731 bits per heavy atom. The van der Waals surface area contributed by atoms with Crippen LogP contribution in [-0.2, 0) is 0 Å². The summed E-state index contributed by atoms with van der Waals surface area (Å²) in [6.45, 7) is 11.2. The first kappa shape index (κ1) is 19.1. The number of hydrogen-bond acceptors (Lipinski definition) is 3. The highest BCUT2D eigenvalue weighted by Gasteiger charge is 2.37. The van der Waals surface area contributed by atoms with E-state index >= 15 is 0 Å². The molecule has 26 heavy (non-hydrogen) atoms. The molecule has 0 aliphatic carbocycles. The lowest BCUT2D eigenvalue weighted by atomic mass is 9.92. The highest BCUT2D eigenvalue weighted by molar-refractivity contribution is 5.32. The van der Waals surface area contributed by atoms with Crippen LogP contribution < -0.4 is 0 Å². The van der Waals surface area contributed by atoms with Crippen LogP contribution in [-0.4, -0.2) is 67.1 Å². The van der Waals surface area contributed by atoms with Crippen molar-refractivity contribution in [1.82, 2.24) is 14.7 Å². The molecule has 3 heteroatoms. The fourth-order valence-electron chi connectivity index (χ4n) is 4.00. The number of piperazine rings is 1. The fraction of sp³-hybridized carbons (Fsp3) is 0.478. The van der Waals surface area contributed by atoms with Crippen LogP contribution in [0.1, 0.15) is 31.0 Å². The molecule has 2 aromatic carbocycles. The van der Waals surface area contributed by atoms with Crippen molar-refractivity contribution >= 4 is 0 Å². The molecule has 0 N–H and O–H groups in total. The van der Waals surface area contributed by atoms with Crippen LogP contribution in [0.3, 0.4) is 0 Å². The Morgan fingerprint density at radius 3 is 1.65 bits per heavy atom. The summed E-state index contributed by atoms with van der Waals surface area (Å²) in [7, 11) is 2.23. The van der Waals surface area contributed by atoms with Crippen molar-refractivity contribution in [2.45, 2.75) is 25.9 Å². The van der Waals surface area contributed by atoms with Gasteiger partial charge < -0.3 is 4.90 Å². The summed E-state index contributed by atoms with van der Waals surface area (Å²) in [6.07, 6.45) is 0. The molecule has 3 nitrogen and oxygen atoms in total. The predicted molar refractivity (Wildman–Crippen MR) is 111 cm³/mol. The van der Waals surface area contributed by atoms with E-state index in [4.69, 9.17) is 0 Å². The third kappa shape index (κ3) is 4.35. The normalized spacial score (nSPS) is 19.7. The maximum atomic E-state index is 2.68. The van der Waals surface area contributed by atoms with Crippen LogP contribution >= 0.6 is 0 Å². The van der Waals surface area contributed by atoms with Gasteiger partial charge in [-0.3, -0.25) is 9.80 Å². The molecule has 0 saturated carbocycles. The van der Waals surface area contributed by atoms with Gasteiger partial charge in [0.25, 0.3) is 0 Å². The van der Waals surface area contributed by atoms with Gasteiger partial charge in [0.1, 0.15) is 0 Å². The molecule has 2 heterocycles. The standard InChI is InChI=1S/C21H27N3.C2H6/c1-22-12-14-23(15-13-22)20-16-24(17-20)21(18-8-4-2-5-9-18)19-10-6-3-7-11-19;1-2/h2-11,20-21H,12-17H2,1H3;1-2H3. The fourth-order valence-corrected chi connectivity index (χ4v) is 4.00. The minimum Gasteiger partial charge on any atom is -0.304 e. The molecular weight excluding hydrogens is 318 g/mol. The summed E-state index contributed by atoms with van der Waals surface area (Å²) in [5.41, 5.74) is 2.81. The van der Waals surface area contributed by atoms with Crippen LogP contribution in [0.25, 0.3) is 0 Å². The van der Waals surface area contributed by atoms with E-state index in [0.717, 1.165) is 6.04 Å². The van der Waals surface area contributed by atoms with Crippen LogP contribution in [0, 0.1) is 0 Å². The van der Waals surface area contributed by atoms with Crippen LogP contribution in [0.2, 0.25) is 0 Å². The number of hydrogen-bond donors (Lipinski definition) is 0. The van der Waals surface area contributed by atoms with E-state index in [1.165, 1.54) is 50.4 Å². The molecule has 0 spiro atoms. The maximum absolute atomic E-state index is 2.68. The minimum atomic E-state index is 0.385. The number of nitrogens with zero attached hydrogens (tertiary/aromatic N) is 3. The van der Waals surface area contributed by atoms with Gasteiger partial charge in [-0.25, -0.2) is 0 Å². The van der Waals surface area contributed by atoms with E-state index in [0.29, 0.717) is 6.04 Å². The molecule has 140 valence electrons. The highest BCUT2D eigenvalue weighted by Crippen LogP contribution is 2.33. The van der Waals surface area contributed by atoms with Crippen molar-refractivity contribution in [3.05, 3.63) is 71.8 Å². The van der Waals surface area contributed by atoms with Gasteiger partial charge in [-0.05, 0) is 18.2 Å². The van der Waals surface area contributed by atoms with Crippen LogP contribution in [0.5, 0.6) is 0 Å². The Bertz CT molecular complexity index is 590. The molecule has 0 aromatic heterocycles.